The zero-order chi connectivity index (χ0) is 13.0. The number of aromatic nitrogens is 1. The van der Waals surface area contributed by atoms with Crippen molar-refractivity contribution in [3.8, 4) is 6.07 Å². The van der Waals surface area contributed by atoms with Crippen molar-refractivity contribution < 1.29 is 4.79 Å². The Hall–Kier alpha value is -1.93. The highest BCUT2D eigenvalue weighted by molar-refractivity contribution is 5.82. The summed E-state index contributed by atoms with van der Waals surface area (Å²) in [6, 6.07) is 5.81. The molecule has 1 aromatic rings. The maximum absolute atomic E-state index is 11.8. The van der Waals surface area contributed by atoms with Gasteiger partial charge in [-0.15, -0.1) is 0 Å². The molecule has 1 aliphatic heterocycles. The van der Waals surface area contributed by atoms with Gasteiger partial charge < -0.3 is 5.32 Å². The fraction of sp³-hybridized carbons (Fsp3) is 0.462. The molecule has 0 saturated carbocycles. The summed E-state index contributed by atoms with van der Waals surface area (Å²) in [7, 11) is 0. The smallest absolute Gasteiger partial charge is 0.238 e. The van der Waals surface area contributed by atoms with Crippen LogP contribution in [-0.2, 0) is 11.3 Å². The lowest BCUT2D eigenvalue weighted by Crippen LogP contribution is -2.58. The Morgan fingerprint density at radius 3 is 3.17 bits per heavy atom. The minimum Gasteiger partial charge on any atom is -0.353 e. The molecule has 1 saturated heterocycles. The van der Waals surface area contributed by atoms with E-state index >= 15 is 0 Å². The van der Waals surface area contributed by atoms with Crippen molar-refractivity contribution in [1.29, 1.82) is 5.26 Å². The number of carbonyl (C=O) groups is 1. The molecule has 1 aliphatic rings. The topological polar surface area (TPSA) is 69.0 Å². The van der Waals surface area contributed by atoms with E-state index in [9.17, 15) is 4.79 Å². The molecule has 2 atom stereocenters. The summed E-state index contributed by atoms with van der Waals surface area (Å²) in [5.74, 6) is -0.0569. The van der Waals surface area contributed by atoms with E-state index in [1.165, 1.54) is 0 Å². The third-order valence-electron chi connectivity index (χ3n) is 3.21. The number of pyridine rings is 1. The molecule has 0 spiro atoms. The lowest BCUT2D eigenvalue weighted by Gasteiger charge is -2.39. The monoisotopic (exact) mass is 244 g/mol. The largest absolute Gasteiger partial charge is 0.353 e. The Bertz CT molecular complexity index is 454. The molecule has 0 aliphatic carbocycles. The Morgan fingerprint density at radius 1 is 1.67 bits per heavy atom. The first-order valence-electron chi connectivity index (χ1n) is 6.01. The molecule has 0 bridgehead atoms. The Morgan fingerprint density at radius 2 is 2.50 bits per heavy atom. The van der Waals surface area contributed by atoms with Crippen molar-refractivity contribution in [1.82, 2.24) is 15.2 Å². The van der Waals surface area contributed by atoms with E-state index in [0.29, 0.717) is 13.1 Å². The van der Waals surface area contributed by atoms with Crippen molar-refractivity contribution in [3.63, 3.8) is 0 Å². The predicted molar refractivity (Wildman–Crippen MR) is 66.3 cm³/mol. The number of amides is 1. The van der Waals surface area contributed by atoms with Gasteiger partial charge in [-0.25, -0.2) is 0 Å². The maximum atomic E-state index is 11.8. The first kappa shape index (κ1) is 12.5. The minimum atomic E-state index is -0.362. The molecule has 1 fully saturated rings. The number of hydrogen-bond acceptors (Lipinski definition) is 4. The lowest BCUT2D eigenvalue weighted by molar-refractivity contribution is -0.131. The summed E-state index contributed by atoms with van der Waals surface area (Å²) < 4.78 is 0. The molecular weight excluding hydrogens is 228 g/mol. The summed E-state index contributed by atoms with van der Waals surface area (Å²) in [6.07, 6.45) is 3.74. The van der Waals surface area contributed by atoms with Gasteiger partial charge in [0.25, 0.3) is 0 Å². The lowest BCUT2D eigenvalue weighted by atomic mass is 10.0. The average Bonchev–Trinajstić information content (AvgIpc) is 2.39. The number of piperazine rings is 1. The number of nitrogens with zero attached hydrogens (tertiary/aromatic N) is 3. The van der Waals surface area contributed by atoms with Gasteiger partial charge in [-0.1, -0.05) is 6.07 Å². The zero-order valence-electron chi connectivity index (χ0n) is 10.3. The highest BCUT2D eigenvalue weighted by Gasteiger charge is 2.33. The van der Waals surface area contributed by atoms with E-state index in [0.717, 1.165) is 5.56 Å². The summed E-state index contributed by atoms with van der Waals surface area (Å²) >= 11 is 0. The fourth-order valence-corrected chi connectivity index (χ4v) is 2.21. The molecule has 0 aromatic carbocycles. The van der Waals surface area contributed by atoms with Crippen molar-refractivity contribution in [3.05, 3.63) is 30.1 Å². The van der Waals surface area contributed by atoms with Gasteiger partial charge in [0.05, 0.1) is 12.5 Å². The van der Waals surface area contributed by atoms with Crippen LogP contribution in [-0.4, -0.2) is 34.4 Å². The third kappa shape index (κ3) is 2.66. The van der Waals surface area contributed by atoms with Crippen LogP contribution in [0.3, 0.4) is 0 Å². The van der Waals surface area contributed by atoms with Gasteiger partial charge in [0.2, 0.25) is 5.91 Å². The van der Waals surface area contributed by atoms with Crippen molar-refractivity contribution in [2.24, 2.45) is 0 Å². The minimum absolute atomic E-state index is 0.0569. The van der Waals surface area contributed by atoms with E-state index < -0.39 is 0 Å². The molecule has 0 radical (unpaired) electrons. The van der Waals surface area contributed by atoms with Crippen LogP contribution in [0, 0.1) is 11.3 Å². The van der Waals surface area contributed by atoms with Crippen molar-refractivity contribution >= 4 is 5.91 Å². The van der Waals surface area contributed by atoms with Gasteiger partial charge in [0.1, 0.15) is 6.04 Å². The van der Waals surface area contributed by atoms with E-state index in [-0.39, 0.29) is 24.4 Å². The normalized spacial score (nSPS) is 24.3. The number of carbonyl (C=O) groups excluding carboxylic acids is 1. The summed E-state index contributed by atoms with van der Waals surface area (Å²) in [4.78, 5) is 18.0. The van der Waals surface area contributed by atoms with Gasteiger partial charge in [-0.2, -0.15) is 5.26 Å². The maximum Gasteiger partial charge on any atom is 0.238 e. The zero-order valence-corrected chi connectivity index (χ0v) is 10.3. The Balaban J connectivity index is 2.16. The highest BCUT2D eigenvalue weighted by Crippen LogP contribution is 2.17. The molecule has 94 valence electrons. The van der Waals surface area contributed by atoms with E-state index in [1.54, 1.807) is 12.4 Å². The molecule has 1 N–H and O–H groups in total. The Kier molecular flexibility index (Phi) is 3.90. The summed E-state index contributed by atoms with van der Waals surface area (Å²) in [5.41, 5.74) is 1.06. The van der Waals surface area contributed by atoms with Gasteiger partial charge in [0.15, 0.2) is 0 Å². The van der Waals surface area contributed by atoms with Gasteiger partial charge in [0, 0.05) is 31.5 Å². The molecule has 5 heteroatoms. The van der Waals surface area contributed by atoms with E-state index in [4.69, 9.17) is 5.26 Å². The standard InChI is InChI=1S/C13H16N4O/c1-10-7-16-13(18)12(4-5-14)17(10)9-11-3-2-6-15-8-11/h2-3,6,8,10,12H,4,7,9H2,1H3,(H,16,18). The number of nitriles is 1. The van der Waals surface area contributed by atoms with E-state index in [1.807, 2.05) is 12.1 Å². The molecule has 1 amide bonds. The van der Waals surface area contributed by atoms with Crippen molar-refractivity contribution in [2.45, 2.75) is 32.0 Å². The summed E-state index contributed by atoms with van der Waals surface area (Å²) in [5, 5.41) is 11.7. The van der Waals surface area contributed by atoms with Crippen LogP contribution in [0.15, 0.2) is 24.5 Å². The molecule has 2 heterocycles. The predicted octanol–water partition coefficient (Wildman–Crippen LogP) is 0.684. The SMILES string of the molecule is CC1CNC(=O)C(CC#N)N1Cc1cccnc1. The van der Waals surface area contributed by atoms with Crippen molar-refractivity contribution in [2.75, 3.05) is 6.54 Å². The molecule has 2 unspecified atom stereocenters. The van der Waals surface area contributed by atoms with Crippen LogP contribution in [0.25, 0.3) is 0 Å². The number of hydrogen-bond donors (Lipinski definition) is 1. The van der Waals surface area contributed by atoms with Crippen LogP contribution in [0.5, 0.6) is 0 Å². The first-order valence-corrected chi connectivity index (χ1v) is 6.01. The second-order valence-electron chi connectivity index (χ2n) is 4.51. The molecule has 18 heavy (non-hydrogen) atoms. The van der Waals surface area contributed by atoms with Crippen LogP contribution in [0.4, 0.5) is 0 Å². The summed E-state index contributed by atoms with van der Waals surface area (Å²) in [6.45, 7) is 3.33. The van der Waals surface area contributed by atoms with Crippen LogP contribution >= 0.6 is 0 Å². The highest BCUT2D eigenvalue weighted by atomic mass is 16.2. The van der Waals surface area contributed by atoms with Crippen LogP contribution in [0.1, 0.15) is 18.9 Å². The molecule has 2 rings (SSSR count). The van der Waals surface area contributed by atoms with Crippen LogP contribution in [0.2, 0.25) is 0 Å². The third-order valence-corrected chi connectivity index (χ3v) is 3.21. The van der Waals surface area contributed by atoms with Gasteiger partial charge in [-0.05, 0) is 18.6 Å². The van der Waals surface area contributed by atoms with Gasteiger partial charge in [-0.3, -0.25) is 14.7 Å². The first-order chi connectivity index (χ1) is 8.72. The van der Waals surface area contributed by atoms with Gasteiger partial charge >= 0.3 is 0 Å². The fourth-order valence-electron chi connectivity index (χ4n) is 2.21. The quantitative estimate of drug-likeness (QED) is 0.849. The average molecular weight is 244 g/mol. The Labute approximate surface area is 106 Å². The second-order valence-corrected chi connectivity index (χ2v) is 4.51. The second kappa shape index (κ2) is 5.61. The molecule has 5 nitrogen and oxygen atoms in total. The molecular formula is C13H16N4O. The number of rotatable bonds is 3. The molecule has 1 aromatic heterocycles. The van der Waals surface area contributed by atoms with Crippen LogP contribution < -0.4 is 5.32 Å². The number of nitrogens with one attached hydrogen (secondary N) is 1. The van der Waals surface area contributed by atoms with E-state index in [2.05, 4.69) is 28.2 Å².